The molecule has 0 aromatic heterocycles. The van der Waals surface area contributed by atoms with Crippen LogP contribution in [0.2, 0.25) is 0 Å². The van der Waals surface area contributed by atoms with Crippen molar-refractivity contribution in [2.75, 3.05) is 6.61 Å². The van der Waals surface area contributed by atoms with Crippen molar-refractivity contribution in [1.29, 1.82) is 0 Å². The summed E-state index contributed by atoms with van der Waals surface area (Å²) >= 11 is 0. The average Bonchev–Trinajstić information content (AvgIpc) is 3.44. The van der Waals surface area contributed by atoms with Crippen molar-refractivity contribution in [1.82, 2.24) is 5.32 Å². The molecule has 4 nitrogen and oxygen atoms in total. The molecule has 0 aromatic carbocycles. The summed E-state index contributed by atoms with van der Waals surface area (Å²) in [6, 6.07) is -0.661. The van der Waals surface area contributed by atoms with Crippen molar-refractivity contribution in [2.45, 2.75) is 309 Å². The van der Waals surface area contributed by atoms with E-state index in [1.165, 1.54) is 173 Å². The van der Waals surface area contributed by atoms with Gasteiger partial charge in [0.1, 0.15) is 0 Å². The molecule has 2 atom stereocenters. The molecular weight excluding hydrogens is 951 g/mol. The number of hydrogen-bond donors (Lipinski definition) is 3. The molecule has 444 valence electrons. The molecule has 78 heavy (non-hydrogen) atoms. The number of allylic oxidation sites excluding steroid dienone is 23. The van der Waals surface area contributed by atoms with Gasteiger partial charge in [-0.05, 0) is 116 Å². The standard InChI is InChI=1S/C74H125NO3/c1-3-5-7-9-11-13-15-17-19-21-23-25-27-29-31-33-34-35-36-37-38-39-40-42-44-46-48-50-52-54-56-58-60-62-64-66-68-70-74(78)75-72(71-76)73(77)69-67-65-63-61-59-57-55-53-51-49-47-45-43-41-32-30-28-26-24-22-20-18-16-14-12-10-8-6-4-2/h5,7,11,13,17,19,23,25,29,31,34-35,37-38,40,42,46,48,51,53,59,61,67,69,72-73,76-77H,3-4,6,8-10,12,14-16,18,20-22,24,26-28,30,32-33,36,39,41,43-45,47,49-50,52,54-58,60,62-66,68,70-71H2,1-2H3,(H,75,78)/b7-5-,13-11-,19-17-,25-23-,31-29-,35-34-,38-37-,42-40-,48-46-,53-51+,61-59+,69-67+. The third-order valence-electron chi connectivity index (χ3n) is 14.3. The number of carbonyl (C=O) groups excluding carboxylic acids is 1. The maximum Gasteiger partial charge on any atom is 0.220 e. The second kappa shape index (κ2) is 67.5. The van der Waals surface area contributed by atoms with Crippen molar-refractivity contribution in [3.63, 3.8) is 0 Å². The average molecular weight is 1080 g/mol. The Balaban J connectivity index is 3.63. The summed E-state index contributed by atoms with van der Waals surface area (Å²) in [5.74, 6) is -0.0882. The van der Waals surface area contributed by atoms with Crippen LogP contribution in [0.5, 0.6) is 0 Å². The van der Waals surface area contributed by atoms with E-state index in [0.29, 0.717) is 6.42 Å². The van der Waals surface area contributed by atoms with Gasteiger partial charge in [-0.15, -0.1) is 0 Å². The summed E-state index contributed by atoms with van der Waals surface area (Å²) in [4.78, 5) is 12.5. The van der Waals surface area contributed by atoms with Gasteiger partial charge in [-0.2, -0.15) is 0 Å². The fraction of sp³-hybridized carbons (Fsp3) is 0.662. The molecular formula is C74H125NO3. The molecule has 0 aliphatic heterocycles. The highest BCUT2D eigenvalue weighted by Gasteiger charge is 2.18. The van der Waals surface area contributed by atoms with Gasteiger partial charge in [0, 0.05) is 6.42 Å². The highest BCUT2D eigenvalue weighted by molar-refractivity contribution is 5.76. The highest BCUT2D eigenvalue weighted by atomic mass is 16.3. The second-order valence-electron chi connectivity index (χ2n) is 21.8. The molecule has 0 saturated heterocycles. The predicted octanol–water partition coefficient (Wildman–Crippen LogP) is 22.7. The Bertz CT molecular complexity index is 1600. The lowest BCUT2D eigenvalue weighted by Crippen LogP contribution is -2.45. The molecule has 1 amide bonds. The van der Waals surface area contributed by atoms with Crippen LogP contribution < -0.4 is 5.32 Å². The quantitative estimate of drug-likeness (QED) is 0.0420. The molecule has 0 fully saturated rings. The first kappa shape index (κ1) is 74.3. The first-order valence-electron chi connectivity index (χ1n) is 33.0. The zero-order valence-corrected chi connectivity index (χ0v) is 51.1. The van der Waals surface area contributed by atoms with Crippen LogP contribution >= 0.6 is 0 Å². The predicted molar refractivity (Wildman–Crippen MR) is 349 cm³/mol. The Morgan fingerprint density at radius 2 is 0.577 bits per heavy atom. The van der Waals surface area contributed by atoms with Gasteiger partial charge in [0.15, 0.2) is 0 Å². The van der Waals surface area contributed by atoms with Crippen LogP contribution in [-0.4, -0.2) is 34.9 Å². The molecule has 0 aromatic rings. The van der Waals surface area contributed by atoms with Gasteiger partial charge in [0.25, 0.3) is 0 Å². The van der Waals surface area contributed by atoms with Crippen molar-refractivity contribution in [2.24, 2.45) is 0 Å². The lowest BCUT2D eigenvalue weighted by molar-refractivity contribution is -0.123. The number of hydrogen-bond acceptors (Lipinski definition) is 3. The summed E-state index contributed by atoms with van der Waals surface area (Å²) < 4.78 is 0. The van der Waals surface area contributed by atoms with E-state index in [4.69, 9.17) is 0 Å². The van der Waals surface area contributed by atoms with Crippen molar-refractivity contribution >= 4 is 5.91 Å². The first-order chi connectivity index (χ1) is 38.7. The maximum atomic E-state index is 12.5. The lowest BCUT2D eigenvalue weighted by atomic mass is 10.0. The number of nitrogens with one attached hydrogen (secondary N) is 1. The fourth-order valence-electron chi connectivity index (χ4n) is 9.32. The molecule has 0 bridgehead atoms. The monoisotopic (exact) mass is 1080 g/mol. The Hall–Kier alpha value is -3.73. The third kappa shape index (κ3) is 63.1. The van der Waals surface area contributed by atoms with E-state index < -0.39 is 12.1 Å². The lowest BCUT2D eigenvalue weighted by Gasteiger charge is -2.19. The summed E-state index contributed by atoms with van der Waals surface area (Å²) in [5.41, 5.74) is 0. The zero-order valence-electron chi connectivity index (χ0n) is 51.1. The number of rotatable bonds is 59. The number of aliphatic hydroxyl groups is 2. The van der Waals surface area contributed by atoms with Crippen molar-refractivity contribution < 1.29 is 15.0 Å². The van der Waals surface area contributed by atoms with Gasteiger partial charge < -0.3 is 15.5 Å². The van der Waals surface area contributed by atoms with Crippen LogP contribution in [0.4, 0.5) is 0 Å². The minimum Gasteiger partial charge on any atom is -0.394 e. The molecule has 4 heteroatoms. The van der Waals surface area contributed by atoms with E-state index in [0.717, 1.165) is 103 Å². The minimum atomic E-state index is -0.885. The Morgan fingerprint density at radius 3 is 0.897 bits per heavy atom. The molecule has 2 unspecified atom stereocenters. The summed E-state index contributed by atoms with van der Waals surface area (Å²) in [5, 5.41) is 23.2. The van der Waals surface area contributed by atoms with E-state index in [1.807, 2.05) is 6.08 Å². The van der Waals surface area contributed by atoms with Crippen LogP contribution in [0, 0.1) is 0 Å². The van der Waals surface area contributed by atoms with Gasteiger partial charge in [0.2, 0.25) is 5.91 Å². The number of aliphatic hydroxyl groups excluding tert-OH is 2. The molecule has 0 aliphatic carbocycles. The van der Waals surface area contributed by atoms with Crippen molar-refractivity contribution in [3.8, 4) is 0 Å². The van der Waals surface area contributed by atoms with Crippen LogP contribution in [0.25, 0.3) is 0 Å². The van der Waals surface area contributed by atoms with Crippen LogP contribution in [0.15, 0.2) is 146 Å². The van der Waals surface area contributed by atoms with Gasteiger partial charge >= 0.3 is 0 Å². The molecule has 0 saturated carbocycles. The van der Waals surface area contributed by atoms with E-state index in [2.05, 4.69) is 153 Å². The second-order valence-corrected chi connectivity index (χ2v) is 21.8. The number of unbranched alkanes of at least 4 members (excludes halogenated alkanes) is 30. The summed E-state index contributed by atoms with van der Waals surface area (Å²) in [7, 11) is 0. The van der Waals surface area contributed by atoms with Crippen molar-refractivity contribution in [3.05, 3.63) is 146 Å². The number of amides is 1. The maximum absolute atomic E-state index is 12.5. The number of carbonyl (C=O) groups is 1. The van der Waals surface area contributed by atoms with Crippen LogP contribution in [-0.2, 0) is 4.79 Å². The Labute approximate surface area is 484 Å². The minimum absolute atomic E-state index is 0.0882. The molecule has 0 spiro atoms. The summed E-state index contributed by atoms with van der Waals surface area (Å²) in [6.07, 6.45) is 106. The largest absolute Gasteiger partial charge is 0.394 e. The van der Waals surface area contributed by atoms with Crippen LogP contribution in [0.1, 0.15) is 296 Å². The molecule has 0 aliphatic rings. The van der Waals surface area contributed by atoms with E-state index in [9.17, 15) is 15.0 Å². The van der Waals surface area contributed by atoms with E-state index in [1.54, 1.807) is 6.08 Å². The van der Waals surface area contributed by atoms with E-state index >= 15 is 0 Å². The SMILES string of the molecule is CC/C=C\C/C=C\C/C=C\C/C=C\C/C=C\C/C=C\C/C=C\C/C=C\C/C=C\CCCCCCCCCCCC(=O)NC(CO)C(O)/C=C/CC/C=C/CC/C=C/CCCCCCCCCCCCCCCCCCCCC. The smallest absolute Gasteiger partial charge is 0.220 e. The topological polar surface area (TPSA) is 69.6 Å². The molecule has 0 rings (SSSR count). The molecule has 3 N–H and O–H groups in total. The Kier molecular flexibility index (Phi) is 64.3. The Morgan fingerprint density at radius 1 is 0.321 bits per heavy atom. The zero-order chi connectivity index (χ0) is 56.2. The third-order valence-corrected chi connectivity index (χ3v) is 14.3. The highest BCUT2D eigenvalue weighted by Crippen LogP contribution is 2.16. The van der Waals surface area contributed by atoms with E-state index in [-0.39, 0.29) is 12.5 Å². The van der Waals surface area contributed by atoms with Gasteiger partial charge in [-0.25, -0.2) is 0 Å². The van der Waals surface area contributed by atoms with Gasteiger partial charge in [-0.3, -0.25) is 4.79 Å². The fourth-order valence-corrected chi connectivity index (χ4v) is 9.32. The van der Waals surface area contributed by atoms with Gasteiger partial charge in [-0.1, -0.05) is 320 Å². The molecule has 0 heterocycles. The molecule has 0 radical (unpaired) electrons. The first-order valence-corrected chi connectivity index (χ1v) is 33.0. The normalized spacial score (nSPS) is 13.7. The van der Waals surface area contributed by atoms with Gasteiger partial charge in [0.05, 0.1) is 18.8 Å². The summed E-state index contributed by atoms with van der Waals surface area (Å²) in [6.45, 7) is 4.19. The van der Waals surface area contributed by atoms with Crippen LogP contribution in [0.3, 0.4) is 0 Å².